The van der Waals surface area contributed by atoms with Crippen molar-refractivity contribution in [1.29, 1.82) is 0 Å². The molecule has 0 bridgehead atoms. The van der Waals surface area contributed by atoms with E-state index in [1.807, 2.05) is 12.1 Å². The summed E-state index contributed by atoms with van der Waals surface area (Å²) in [5, 5.41) is 2.78. The first-order valence-electron chi connectivity index (χ1n) is 6.34. The molecule has 2 aromatic rings. The smallest absolute Gasteiger partial charge is 0.244 e. The number of hydrogen-bond acceptors (Lipinski definition) is 2. The lowest BCUT2D eigenvalue weighted by Crippen LogP contribution is -2.23. The molecule has 0 aliphatic rings. The van der Waals surface area contributed by atoms with Crippen molar-refractivity contribution >= 4 is 12.0 Å². The van der Waals surface area contributed by atoms with Crippen LogP contribution in [0.25, 0.3) is 6.08 Å². The lowest BCUT2D eigenvalue weighted by atomic mass is 10.1. The molecule has 3 nitrogen and oxygen atoms in total. The maximum atomic E-state index is 12.7. The summed E-state index contributed by atoms with van der Waals surface area (Å²) in [5.41, 5.74) is 1.92. The largest absolute Gasteiger partial charge is 0.352 e. The van der Waals surface area contributed by atoms with Crippen molar-refractivity contribution in [2.45, 2.75) is 6.42 Å². The molecule has 0 saturated heterocycles. The molecule has 1 N–H and O–H groups in total. The van der Waals surface area contributed by atoms with E-state index in [1.54, 1.807) is 30.6 Å². The molecule has 0 spiro atoms. The van der Waals surface area contributed by atoms with Gasteiger partial charge in [-0.05, 0) is 47.9 Å². The van der Waals surface area contributed by atoms with Gasteiger partial charge in [0.15, 0.2) is 0 Å². The highest BCUT2D eigenvalue weighted by Crippen LogP contribution is 2.03. The van der Waals surface area contributed by atoms with Crippen LogP contribution in [0.3, 0.4) is 0 Å². The van der Waals surface area contributed by atoms with Gasteiger partial charge in [-0.25, -0.2) is 4.39 Å². The summed E-state index contributed by atoms with van der Waals surface area (Å²) in [6.45, 7) is 0.519. The molecular formula is C16H15FN2O. The van der Waals surface area contributed by atoms with Gasteiger partial charge in [-0.15, -0.1) is 0 Å². The van der Waals surface area contributed by atoms with E-state index in [1.165, 1.54) is 18.2 Å². The summed E-state index contributed by atoms with van der Waals surface area (Å²) in [6.07, 6.45) is 7.24. The van der Waals surface area contributed by atoms with Crippen LogP contribution in [0.15, 0.2) is 54.9 Å². The van der Waals surface area contributed by atoms with Crippen LogP contribution in [0, 0.1) is 5.82 Å². The van der Waals surface area contributed by atoms with Crippen molar-refractivity contribution in [2.24, 2.45) is 0 Å². The predicted octanol–water partition coefficient (Wildman–Crippen LogP) is 2.59. The fourth-order valence-electron chi connectivity index (χ4n) is 1.69. The van der Waals surface area contributed by atoms with E-state index in [0.717, 1.165) is 11.1 Å². The zero-order valence-corrected chi connectivity index (χ0v) is 10.9. The molecule has 0 unspecified atom stereocenters. The molecule has 0 saturated carbocycles. The predicted molar refractivity (Wildman–Crippen MR) is 76.4 cm³/mol. The van der Waals surface area contributed by atoms with Gasteiger partial charge in [0.2, 0.25) is 5.91 Å². The Morgan fingerprint density at radius 3 is 2.55 bits per heavy atom. The number of nitrogens with zero attached hydrogens (tertiary/aromatic N) is 1. The minimum Gasteiger partial charge on any atom is -0.352 e. The Balaban J connectivity index is 1.75. The third-order valence-corrected chi connectivity index (χ3v) is 2.76. The standard InChI is InChI=1S/C16H15FN2O/c17-15-4-1-13(2-5-15)9-12-19-16(20)6-3-14-7-10-18-11-8-14/h1-8,10-11H,9,12H2,(H,19,20). The second-order valence-electron chi connectivity index (χ2n) is 4.28. The third-order valence-electron chi connectivity index (χ3n) is 2.76. The number of pyridine rings is 1. The van der Waals surface area contributed by atoms with Gasteiger partial charge in [-0.2, -0.15) is 0 Å². The number of carbonyl (C=O) groups excluding carboxylic acids is 1. The summed E-state index contributed by atoms with van der Waals surface area (Å²) in [6, 6.07) is 9.91. The van der Waals surface area contributed by atoms with E-state index in [-0.39, 0.29) is 11.7 Å². The highest BCUT2D eigenvalue weighted by molar-refractivity contribution is 5.91. The van der Waals surface area contributed by atoms with Gasteiger partial charge in [0.1, 0.15) is 5.82 Å². The van der Waals surface area contributed by atoms with Gasteiger partial charge in [0, 0.05) is 25.0 Å². The summed E-state index contributed by atoms with van der Waals surface area (Å²) < 4.78 is 12.7. The number of amides is 1. The number of nitrogens with one attached hydrogen (secondary N) is 1. The molecule has 0 atom stereocenters. The molecule has 0 radical (unpaired) electrons. The van der Waals surface area contributed by atoms with Crippen molar-refractivity contribution < 1.29 is 9.18 Å². The van der Waals surface area contributed by atoms with Crippen molar-refractivity contribution in [1.82, 2.24) is 10.3 Å². The van der Waals surface area contributed by atoms with Crippen molar-refractivity contribution in [3.63, 3.8) is 0 Å². The van der Waals surface area contributed by atoms with E-state index in [4.69, 9.17) is 0 Å². The zero-order chi connectivity index (χ0) is 14.2. The normalized spacial score (nSPS) is 10.7. The first kappa shape index (κ1) is 13.9. The monoisotopic (exact) mass is 270 g/mol. The molecule has 1 aromatic carbocycles. The lowest BCUT2D eigenvalue weighted by molar-refractivity contribution is -0.116. The minimum absolute atomic E-state index is 0.149. The molecule has 102 valence electrons. The molecular weight excluding hydrogens is 255 g/mol. The van der Waals surface area contributed by atoms with Gasteiger partial charge < -0.3 is 5.32 Å². The van der Waals surface area contributed by atoms with E-state index < -0.39 is 0 Å². The molecule has 0 fully saturated rings. The number of halogens is 1. The van der Waals surface area contributed by atoms with Crippen LogP contribution in [0.5, 0.6) is 0 Å². The van der Waals surface area contributed by atoms with E-state index in [0.29, 0.717) is 13.0 Å². The van der Waals surface area contributed by atoms with Crippen molar-refractivity contribution in [2.75, 3.05) is 6.54 Å². The van der Waals surface area contributed by atoms with Gasteiger partial charge in [0.25, 0.3) is 0 Å². The van der Waals surface area contributed by atoms with E-state index in [2.05, 4.69) is 10.3 Å². The van der Waals surface area contributed by atoms with Crippen molar-refractivity contribution in [3.05, 3.63) is 71.8 Å². The van der Waals surface area contributed by atoms with Crippen molar-refractivity contribution in [3.8, 4) is 0 Å². The van der Waals surface area contributed by atoms with E-state index in [9.17, 15) is 9.18 Å². The van der Waals surface area contributed by atoms with Gasteiger partial charge >= 0.3 is 0 Å². The topological polar surface area (TPSA) is 42.0 Å². The van der Waals surface area contributed by atoms with Crippen LogP contribution in [0.4, 0.5) is 4.39 Å². The first-order chi connectivity index (χ1) is 9.74. The van der Waals surface area contributed by atoms with Crippen LogP contribution < -0.4 is 5.32 Å². The second kappa shape index (κ2) is 7.19. The molecule has 2 rings (SSSR count). The fourth-order valence-corrected chi connectivity index (χ4v) is 1.69. The van der Waals surface area contributed by atoms with Crippen LogP contribution in [-0.4, -0.2) is 17.4 Å². The third kappa shape index (κ3) is 4.65. The van der Waals surface area contributed by atoms with Gasteiger partial charge in [-0.1, -0.05) is 12.1 Å². The molecule has 1 heterocycles. The Hall–Kier alpha value is -2.49. The second-order valence-corrected chi connectivity index (χ2v) is 4.28. The van der Waals surface area contributed by atoms with Crippen LogP contribution in [0.1, 0.15) is 11.1 Å². The van der Waals surface area contributed by atoms with E-state index >= 15 is 0 Å². The molecule has 1 amide bonds. The maximum Gasteiger partial charge on any atom is 0.244 e. The molecule has 20 heavy (non-hydrogen) atoms. The quantitative estimate of drug-likeness (QED) is 0.848. The number of aromatic nitrogens is 1. The Morgan fingerprint density at radius 1 is 1.15 bits per heavy atom. The van der Waals surface area contributed by atoms with Crippen LogP contribution in [0.2, 0.25) is 0 Å². The Morgan fingerprint density at radius 2 is 1.85 bits per heavy atom. The maximum absolute atomic E-state index is 12.7. The highest BCUT2D eigenvalue weighted by Gasteiger charge is 1.97. The molecule has 1 aromatic heterocycles. The summed E-state index contributed by atoms with van der Waals surface area (Å²) in [5.74, 6) is -0.401. The summed E-state index contributed by atoms with van der Waals surface area (Å²) >= 11 is 0. The number of rotatable bonds is 5. The zero-order valence-electron chi connectivity index (χ0n) is 10.9. The Kier molecular flexibility index (Phi) is 5.00. The summed E-state index contributed by atoms with van der Waals surface area (Å²) in [7, 11) is 0. The average Bonchev–Trinajstić information content (AvgIpc) is 2.48. The first-order valence-corrected chi connectivity index (χ1v) is 6.34. The SMILES string of the molecule is O=C(C=Cc1ccncc1)NCCc1ccc(F)cc1. The molecule has 0 aliphatic heterocycles. The number of benzene rings is 1. The van der Waals surface area contributed by atoms with Gasteiger partial charge in [0.05, 0.1) is 0 Å². The number of hydrogen-bond donors (Lipinski definition) is 1. The average molecular weight is 270 g/mol. The Bertz CT molecular complexity index is 579. The fraction of sp³-hybridized carbons (Fsp3) is 0.125. The lowest BCUT2D eigenvalue weighted by Gasteiger charge is -2.02. The highest BCUT2D eigenvalue weighted by atomic mass is 19.1. The van der Waals surface area contributed by atoms with Gasteiger partial charge in [-0.3, -0.25) is 9.78 Å². The molecule has 4 heteroatoms. The minimum atomic E-state index is -0.252. The summed E-state index contributed by atoms with van der Waals surface area (Å²) in [4.78, 5) is 15.5. The Labute approximate surface area is 117 Å². The molecule has 0 aliphatic carbocycles. The van der Waals surface area contributed by atoms with Crippen LogP contribution >= 0.6 is 0 Å². The number of carbonyl (C=O) groups is 1. The van der Waals surface area contributed by atoms with Crippen LogP contribution in [-0.2, 0) is 11.2 Å².